The van der Waals surface area contributed by atoms with Crippen LogP contribution in [0.25, 0.3) is 0 Å². The molecule has 4 aliphatic carbocycles. The Hall–Kier alpha value is -0.820. The zero-order valence-corrected chi connectivity index (χ0v) is 24.8. The number of ketones is 1. The molecule has 5 atom stereocenters. The Bertz CT molecular complexity index is 1110. The monoisotopic (exact) mass is 666 g/mol. The van der Waals surface area contributed by atoms with E-state index in [9.17, 15) is 37.0 Å². The van der Waals surface area contributed by atoms with Gasteiger partial charge in [-0.05, 0) is 85.3 Å². The highest BCUT2D eigenvalue weighted by atomic mass is 32.1. The zero-order valence-electron chi connectivity index (χ0n) is 20.8. The minimum atomic E-state index is -5.86. The van der Waals surface area contributed by atoms with Crippen molar-refractivity contribution >= 4 is 59.8 Å². The van der Waals surface area contributed by atoms with Gasteiger partial charge in [-0.25, -0.2) is 0 Å². The second-order valence-corrected chi connectivity index (χ2v) is 10.6. The molecule has 3 nitrogen and oxygen atoms in total. The Morgan fingerprint density at radius 1 is 0.878 bits per heavy atom. The van der Waals surface area contributed by atoms with E-state index in [1.807, 2.05) is 0 Å². The molecular weight excluding hydrogens is 620 g/mol. The molecule has 2 N–H and O–H groups in total. The molecule has 240 valence electrons. The lowest BCUT2D eigenvalue weighted by Gasteiger charge is -2.56. The Balaban J connectivity index is -0.00000206. The number of phenolic OH excluding ortho intramolecular Hbond substituents is 1. The Labute approximate surface area is 269 Å². The van der Waals surface area contributed by atoms with Gasteiger partial charge in [-0.2, -0.15) is 75.9 Å². The van der Waals surface area contributed by atoms with Crippen LogP contribution in [0.5, 0.6) is 5.75 Å². The fourth-order valence-electron chi connectivity index (χ4n) is 7.42. The van der Waals surface area contributed by atoms with Gasteiger partial charge in [-0.15, -0.1) is 0 Å². The third-order valence-corrected chi connectivity index (χ3v) is 9.06. The summed E-state index contributed by atoms with van der Waals surface area (Å²) in [5.41, 5.74) is -1.22. The number of phenols is 1. The van der Waals surface area contributed by atoms with Crippen LogP contribution in [0, 0.1) is 17.3 Å². The van der Waals surface area contributed by atoms with Crippen LogP contribution in [0.15, 0.2) is 47.1 Å². The summed E-state index contributed by atoms with van der Waals surface area (Å²) in [6.45, 7) is 1.40. The van der Waals surface area contributed by atoms with E-state index in [1.165, 1.54) is 19.1 Å². The van der Waals surface area contributed by atoms with Crippen molar-refractivity contribution in [3.05, 3.63) is 52.6 Å². The Kier molecular flexibility index (Phi) is 16.1. The average Bonchev–Trinajstić information content (AvgIpc) is 3.04. The van der Waals surface area contributed by atoms with Gasteiger partial charge in [0.25, 0.3) is 0 Å². The van der Waals surface area contributed by atoms with Gasteiger partial charge >= 0.3 is 12.1 Å². The topological polar surface area (TPSA) is 57.5 Å². The second kappa shape index (κ2) is 14.8. The third-order valence-electron chi connectivity index (χ3n) is 9.06. The predicted molar refractivity (Wildman–Crippen MR) is 176 cm³/mol. The molecule has 0 aromatic heterocycles. The molecule has 4 aliphatic rings. The van der Waals surface area contributed by atoms with E-state index in [4.69, 9.17) is 0 Å². The number of rotatable bonds is 2. The molecule has 0 saturated heterocycles. The van der Waals surface area contributed by atoms with Gasteiger partial charge in [0.15, 0.2) is 5.78 Å². The van der Waals surface area contributed by atoms with Crippen LogP contribution < -0.4 is 0 Å². The summed E-state index contributed by atoms with van der Waals surface area (Å²) in [7, 11) is 0. The summed E-state index contributed by atoms with van der Waals surface area (Å²) in [5, 5.41) is 21.0. The molecule has 41 heavy (non-hydrogen) atoms. The molecule has 1 aromatic rings. The fraction of sp³-hybridized carbons (Fsp3) is 0.621. The highest BCUT2D eigenvalue weighted by Crippen LogP contribution is 2.70. The molecule has 0 bridgehead atoms. The Morgan fingerprint density at radius 2 is 1.44 bits per heavy atom. The zero-order chi connectivity index (χ0) is 24.7. The van der Waals surface area contributed by atoms with Crippen LogP contribution >= 0.6 is 54.0 Å². The number of fused-ring (bicyclic) bond motifs is 4. The maximum atomic E-state index is 14.9. The third kappa shape index (κ3) is 6.51. The lowest BCUT2D eigenvalue weighted by Crippen LogP contribution is -2.65. The van der Waals surface area contributed by atoms with Crippen molar-refractivity contribution in [2.45, 2.75) is 97.8 Å². The number of aromatic hydroxyl groups is 1. The van der Waals surface area contributed by atoms with Gasteiger partial charge in [-0.3, -0.25) is 4.79 Å². The van der Waals surface area contributed by atoms with Gasteiger partial charge < -0.3 is 10.2 Å². The second-order valence-electron chi connectivity index (χ2n) is 10.6. The normalized spacial score (nSPS) is 29.9. The van der Waals surface area contributed by atoms with Gasteiger partial charge in [-0.1, -0.05) is 46.9 Å². The summed E-state index contributed by atoms with van der Waals surface area (Å²) in [6.07, 6.45) is -2.85. The summed E-state index contributed by atoms with van der Waals surface area (Å²) in [6, 6.07) is 6.27. The highest BCUT2D eigenvalue weighted by molar-refractivity contribution is 7.59. The average molecular weight is 667 g/mol. The number of hydrogen-bond acceptors (Lipinski definition) is 3. The molecule has 0 spiro atoms. The van der Waals surface area contributed by atoms with E-state index in [0.29, 0.717) is 31.2 Å². The van der Waals surface area contributed by atoms with Crippen LogP contribution in [-0.2, 0) is 4.79 Å². The van der Waals surface area contributed by atoms with Crippen molar-refractivity contribution in [3.8, 4) is 5.75 Å². The molecule has 5 rings (SSSR count). The lowest BCUT2D eigenvalue weighted by molar-refractivity contribution is -0.362. The first-order valence-corrected chi connectivity index (χ1v) is 11.7. The van der Waals surface area contributed by atoms with Gasteiger partial charge in [0, 0.05) is 17.8 Å². The smallest absolute Gasteiger partial charge is 0.456 e. The Morgan fingerprint density at radius 3 is 1.98 bits per heavy atom. The van der Waals surface area contributed by atoms with Crippen molar-refractivity contribution in [2.24, 2.45) is 17.3 Å². The van der Waals surface area contributed by atoms with E-state index >= 15 is 0 Å². The number of benzene rings is 1. The van der Waals surface area contributed by atoms with Gasteiger partial charge in [0.2, 0.25) is 0 Å². The van der Waals surface area contributed by atoms with E-state index in [2.05, 4.69) is 0 Å². The summed E-state index contributed by atoms with van der Waals surface area (Å²) in [5.74, 6) is -6.46. The van der Waals surface area contributed by atoms with E-state index in [1.54, 1.807) is 18.2 Å². The maximum absolute atomic E-state index is 14.9. The highest BCUT2D eigenvalue weighted by Gasteiger charge is 2.79. The quantitative estimate of drug-likeness (QED) is 0.311. The number of alkyl halides is 5. The number of halogens is 5. The first-order valence-electron chi connectivity index (χ1n) is 11.7. The number of allylic oxidation sites excluding steroid dienone is 4. The molecule has 0 aliphatic heterocycles. The summed E-state index contributed by atoms with van der Waals surface area (Å²) < 4.78 is 70.4. The SMILES string of the molecule is C.C.C.C[C@]12C[C@H](c3ccc(O)cc3)C3=C4CCC(=O)C=C4CC[C@H]3[C@@H]1CC[C@@]2(O)C(F)(F)C(F)(F)F.S.S.S.S. The first kappa shape index (κ1) is 44.6. The molecule has 1 aromatic carbocycles. The van der Waals surface area contributed by atoms with Crippen molar-refractivity contribution in [1.82, 2.24) is 0 Å². The van der Waals surface area contributed by atoms with Crippen molar-refractivity contribution < 1.29 is 37.0 Å². The van der Waals surface area contributed by atoms with Crippen molar-refractivity contribution in [1.29, 1.82) is 0 Å². The molecule has 0 unspecified atom stereocenters. The van der Waals surface area contributed by atoms with E-state index in [-0.39, 0.29) is 107 Å². The molecule has 0 amide bonds. The molecule has 12 heteroatoms. The summed E-state index contributed by atoms with van der Waals surface area (Å²) >= 11 is 0. The standard InChI is InChI=1S/C26H27F5O3.3CH4.4H2S/c1-23-13-20(14-2-5-16(32)6-3-14)22-18-9-7-17(33)12-15(18)4-8-19(22)21(23)10-11-24(23,34)25(27,28)26(29,30)31;;;;;;;/h2-3,5-6,12,19-21,32,34H,4,7-11,13H2,1H3;3*1H4;4*1H2/t19-,20+,21-,23-,24-;;;;;;;/m0......./s1. The number of hydrogen-bond donors (Lipinski definition) is 2. The van der Waals surface area contributed by atoms with Crippen LogP contribution in [0.4, 0.5) is 22.0 Å². The number of aliphatic hydroxyl groups is 1. The van der Waals surface area contributed by atoms with Crippen LogP contribution in [0.3, 0.4) is 0 Å². The minimum absolute atomic E-state index is 0. The van der Waals surface area contributed by atoms with Crippen LogP contribution in [-0.4, -0.2) is 33.7 Å². The number of carbonyl (C=O) groups is 1. The lowest BCUT2D eigenvalue weighted by atomic mass is 9.50. The molecular formula is C29H47F5O3S4. The molecule has 0 heterocycles. The van der Waals surface area contributed by atoms with Gasteiger partial charge in [0.1, 0.15) is 11.4 Å². The van der Waals surface area contributed by atoms with Crippen LogP contribution in [0.2, 0.25) is 0 Å². The minimum Gasteiger partial charge on any atom is -0.508 e. The molecule has 2 saturated carbocycles. The van der Waals surface area contributed by atoms with Crippen LogP contribution in [0.1, 0.15) is 85.6 Å². The molecule has 2 fully saturated rings. The van der Waals surface area contributed by atoms with E-state index < -0.39 is 41.4 Å². The van der Waals surface area contributed by atoms with Gasteiger partial charge in [0.05, 0.1) is 0 Å². The van der Waals surface area contributed by atoms with Crippen molar-refractivity contribution in [3.63, 3.8) is 0 Å². The predicted octanol–water partition coefficient (Wildman–Crippen LogP) is 8.58. The largest absolute Gasteiger partial charge is 0.508 e. The van der Waals surface area contributed by atoms with Crippen molar-refractivity contribution in [2.75, 3.05) is 0 Å². The maximum Gasteiger partial charge on any atom is 0.456 e. The first-order chi connectivity index (χ1) is 15.8. The molecule has 0 radical (unpaired) electrons. The van der Waals surface area contributed by atoms with E-state index in [0.717, 1.165) is 16.7 Å². The fourth-order valence-corrected chi connectivity index (χ4v) is 7.42. The number of carbonyl (C=O) groups excluding carboxylic acids is 1. The summed E-state index contributed by atoms with van der Waals surface area (Å²) in [4.78, 5) is 12.0.